The first-order chi connectivity index (χ1) is 18.9. The standard InChI is InChI=1S/C26H20F5N5O4/c1-12(34-24(38)23(31)40-17-11-14(27)18(28)20(30)19(17)29)22(37)26(32)25(39)36(2)16-9-4-3-7-13(16)21(35-26)15-8-5-6-10-33-15/h3-12,23H,32H2,1-2H3,(H,34,38)/t12-,23?,26?/m0/s1. The van der Waals surface area contributed by atoms with E-state index in [2.05, 4.69) is 14.7 Å². The van der Waals surface area contributed by atoms with Gasteiger partial charge in [-0.05, 0) is 25.1 Å². The predicted molar refractivity (Wildman–Crippen MR) is 131 cm³/mol. The summed E-state index contributed by atoms with van der Waals surface area (Å²) in [6, 6.07) is 9.74. The van der Waals surface area contributed by atoms with Crippen LogP contribution in [0.4, 0.5) is 27.6 Å². The second-order valence-electron chi connectivity index (χ2n) is 8.65. The summed E-state index contributed by atoms with van der Waals surface area (Å²) in [4.78, 5) is 48.9. The average molecular weight is 561 g/mol. The van der Waals surface area contributed by atoms with Gasteiger partial charge in [-0.25, -0.2) is 18.2 Å². The molecule has 1 aliphatic heterocycles. The molecule has 2 unspecified atom stereocenters. The molecule has 0 bridgehead atoms. The minimum absolute atomic E-state index is 0.00260. The van der Waals surface area contributed by atoms with E-state index in [0.29, 0.717) is 11.3 Å². The lowest BCUT2D eigenvalue weighted by molar-refractivity contribution is -0.141. The second-order valence-corrected chi connectivity index (χ2v) is 8.65. The third-order valence-electron chi connectivity index (χ3n) is 5.98. The van der Waals surface area contributed by atoms with E-state index in [-0.39, 0.29) is 17.5 Å². The Morgan fingerprint density at radius 3 is 2.40 bits per heavy atom. The number of hydrogen-bond donors (Lipinski definition) is 2. The second kappa shape index (κ2) is 10.8. The van der Waals surface area contributed by atoms with Crippen molar-refractivity contribution in [2.24, 2.45) is 10.7 Å². The SMILES string of the molecule is C[C@H](NC(=O)C(F)Oc1cc(F)c(F)c(F)c1F)C(=O)C1(N)N=C(c2ccccn2)c2ccccc2N(C)C1=O. The Morgan fingerprint density at radius 1 is 1.05 bits per heavy atom. The van der Waals surface area contributed by atoms with Crippen molar-refractivity contribution in [2.75, 3.05) is 11.9 Å². The molecule has 3 atom stereocenters. The number of carbonyl (C=O) groups excluding carboxylic acids is 3. The number of nitrogens with zero attached hydrogens (tertiary/aromatic N) is 3. The normalized spacial score (nSPS) is 18.2. The zero-order chi connectivity index (χ0) is 29.4. The smallest absolute Gasteiger partial charge is 0.316 e. The number of carbonyl (C=O) groups is 3. The molecule has 14 heteroatoms. The van der Waals surface area contributed by atoms with E-state index >= 15 is 0 Å². The Bertz CT molecular complexity index is 1540. The van der Waals surface area contributed by atoms with Crippen molar-refractivity contribution >= 4 is 29.0 Å². The fraction of sp³-hybridized carbons (Fsp3) is 0.192. The van der Waals surface area contributed by atoms with Crippen LogP contribution in [-0.4, -0.2) is 53.4 Å². The van der Waals surface area contributed by atoms with Crippen LogP contribution in [-0.2, 0) is 14.4 Å². The number of amides is 2. The molecule has 2 aromatic carbocycles. The lowest BCUT2D eigenvalue weighted by Crippen LogP contribution is -2.63. The van der Waals surface area contributed by atoms with Crippen molar-refractivity contribution in [1.29, 1.82) is 0 Å². The summed E-state index contributed by atoms with van der Waals surface area (Å²) in [5, 5.41) is 1.91. The lowest BCUT2D eigenvalue weighted by atomic mass is 9.98. The van der Waals surface area contributed by atoms with Crippen LogP contribution in [0.25, 0.3) is 0 Å². The summed E-state index contributed by atoms with van der Waals surface area (Å²) < 4.78 is 72.5. The van der Waals surface area contributed by atoms with Crippen molar-refractivity contribution in [3.8, 4) is 5.75 Å². The Balaban J connectivity index is 1.63. The minimum atomic E-state index is -3.10. The third-order valence-corrected chi connectivity index (χ3v) is 5.98. The molecule has 9 nitrogen and oxygen atoms in total. The molecule has 4 rings (SSSR count). The first-order valence-electron chi connectivity index (χ1n) is 11.5. The number of nitrogens with two attached hydrogens (primary N) is 1. The Kier molecular flexibility index (Phi) is 7.64. The molecular weight excluding hydrogens is 541 g/mol. The van der Waals surface area contributed by atoms with E-state index in [4.69, 9.17) is 5.73 Å². The number of nitrogens with one attached hydrogen (secondary N) is 1. The van der Waals surface area contributed by atoms with Crippen LogP contribution < -0.4 is 20.7 Å². The van der Waals surface area contributed by atoms with Crippen LogP contribution in [0.15, 0.2) is 59.7 Å². The third kappa shape index (κ3) is 5.00. The minimum Gasteiger partial charge on any atom is -0.448 e. The van der Waals surface area contributed by atoms with Crippen LogP contribution >= 0.6 is 0 Å². The van der Waals surface area contributed by atoms with Gasteiger partial charge >= 0.3 is 6.36 Å². The maximum Gasteiger partial charge on any atom is 0.316 e. The Labute approximate surface area is 223 Å². The van der Waals surface area contributed by atoms with Gasteiger partial charge in [-0.2, -0.15) is 8.78 Å². The number of rotatable bonds is 7. The Hall–Kier alpha value is -4.72. The number of benzene rings is 2. The van der Waals surface area contributed by atoms with Gasteiger partial charge < -0.3 is 15.0 Å². The zero-order valence-corrected chi connectivity index (χ0v) is 20.8. The number of likely N-dealkylation sites (N-methyl/N-ethyl adjacent to an activating group) is 1. The zero-order valence-electron chi connectivity index (χ0n) is 20.8. The molecule has 2 amide bonds. The van der Waals surface area contributed by atoms with Gasteiger partial charge in [-0.15, -0.1) is 0 Å². The number of anilines is 1. The molecule has 0 saturated heterocycles. The summed E-state index contributed by atoms with van der Waals surface area (Å²) >= 11 is 0. The molecule has 0 saturated carbocycles. The number of hydrogen-bond acceptors (Lipinski definition) is 7. The molecule has 1 aliphatic rings. The Morgan fingerprint density at radius 2 is 1.73 bits per heavy atom. The molecule has 0 radical (unpaired) electrons. The number of aromatic nitrogens is 1. The number of pyridine rings is 1. The van der Waals surface area contributed by atoms with E-state index in [1.807, 2.05) is 5.32 Å². The van der Waals surface area contributed by atoms with E-state index in [9.17, 15) is 36.3 Å². The van der Waals surface area contributed by atoms with E-state index in [0.717, 1.165) is 11.8 Å². The van der Waals surface area contributed by atoms with E-state index in [1.165, 1.54) is 13.2 Å². The molecular formula is C26H20F5N5O4. The number of halogens is 5. The van der Waals surface area contributed by atoms with Gasteiger partial charge in [0.15, 0.2) is 17.4 Å². The van der Waals surface area contributed by atoms with Crippen molar-refractivity contribution in [3.05, 3.63) is 89.3 Å². The van der Waals surface area contributed by atoms with Gasteiger partial charge in [0.2, 0.25) is 23.1 Å². The molecule has 3 N–H and O–H groups in total. The van der Waals surface area contributed by atoms with Crippen LogP contribution in [0, 0.1) is 23.3 Å². The number of ketones is 1. The number of benzodiazepines with no additional fused rings is 1. The molecule has 3 aromatic rings. The number of fused-ring (bicyclic) bond motifs is 1. The highest BCUT2D eigenvalue weighted by atomic mass is 19.2. The monoisotopic (exact) mass is 561 g/mol. The highest BCUT2D eigenvalue weighted by molar-refractivity contribution is 6.26. The summed E-state index contributed by atoms with van der Waals surface area (Å²) in [5.41, 5.74) is 4.80. The van der Waals surface area contributed by atoms with E-state index < -0.39 is 64.7 Å². The van der Waals surface area contributed by atoms with Gasteiger partial charge in [0.1, 0.15) is 0 Å². The molecule has 0 aliphatic carbocycles. The molecule has 2 heterocycles. The molecule has 1 aromatic heterocycles. The van der Waals surface area contributed by atoms with Gasteiger partial charge in [0, 0.05) is 24.9 Å². The van der Waals surface area contributed by atoms with Crippen LogP contribution in [0.1, 0.15) is 18.2 Å². The number of para-hydroxylation sites is 1. The maximum atomic E-state index is 14.5. The molecule has 40 heavy (non-hydrogen) atoms. The summed E-state index contributed by atoms with van der Waals surface area (Å²) in [6.07, 6.45) is -1.64. The van der Waals surface area contributed by atoms with Crippen molar-refractivity contribution < 1.29 is 41.1 Å². The predicted octanol–water partition coefficient (Wildman–Crippen LogP) is 2.56. The van der Waals surface area contributed by atoms with Crippen LogP contribution in [0.2, 0.25) is 0 Å². The highest BCUT2D eigenvalue weighted by Crippen LogP contribution is 2.30. The van der Waals surface area contributed by atoms with Crippen LogP contribution in [0.3, 0.4) is 0 Å². The van der Waals surface area contributed by atoms with E-state index in [1.54, 1.807) is 42.5 Å². The molecule has 0 spiro atoms. The average Bonchev–Trinajstić information content (AvgIpc) is 3.04. The highest BCUT2D eigenvalue weighted by Gasteiger charge is 2.49. The van der Waals surface area contributed by atoms with Crippen molar-refractivity contribution in [3.63, 3.8) is 0 Å². The van der Waals surface area contributed by atoms with Gasteiger partial charge in [0.25, 0.3) is 11.8 Å². The van der Waals surface area contributed by atoms with Gasteiger partial charge in [-0.3, -0.25) is 25.1 Å². The first kappa shape index (κ1) is 28.3. The largest absolute Gasteiger partial charge is 0.448 e. The van der Waals surface area contributed by atoms with Gasteiger partial charge in [0.05, 0.1) is 23.1 Å². The topological polar surface area (TPSA) is 127 Å². The number of aliphatic imine (C=N–C) groups is 1. The van der Waals surface area contributed by atoms with Crippen LogP contribution in [0.5, 0.6) is 5.75 Å². The summed E-state index contributed by atoms with van der Waals surface area (Å²) in [5.74, 6) is -13.7. The summed E-state index contributed by atoms with van der Waals surface area (Å²) in [6.45, 7) is 1.07. The fourth-order valence-corrected chi connectivity index (χ4v) is 3.95. The van der Waals surface area contributed by atoms with Crippen molar-refractivity contribution in [1.82, 2.24) is 10.3 Å². The summed E-state index contributed by atoms with van der Waals surface area (Å²) in [7, 11) is 1.36. The maximum absolute atomic E-state index is 14.5. The number of Topliss-reactive ketones (excluding diaryl/α,β-unsaturated/α-hetero) is 1. The lowest BCUT2D eigenvalue weighted by Gasteiger charge is -2.29. The quantitative estimate of drug-likeness (QED) is 0.198. The molecule has 0 fully saturated rings. The number of ether oxygens (including phenoxy) is 1. The fourth-order valence-electron chi connectivity index (χ4n) is 3.95. The van der Waals surface area contributed by atoms with Gasteiger partial charge in [-0.1, -0.05) is 24.3 Å². The first-order valence-corrected chi connectivity index (χ1v) is 11.5. The molecule has 208 valence electrons. The number of alkyl halides is 1. The van der Waals surface area contributed by atoms with Crippen molar-refractivity contribution in [2.45, 2.75) is 25.0 Å².